The average molecular weight is 769 g/mol. The molecule has 0 heterocycles. The Hall–Kier alpha value is -0.0900. The predicted octanol–water partition coefficient (Wildman–Crippen LogP) is 11.4. The summed E-state index contributed by atoms with van der Waals surface area (Å²) in [4.78, 5) is 18.2. The monoisotopic (exact) mass is 769 g/mol. The molecule has 52 heavy (non-hydrogen) atoms. The van der Waals surface area contributed by atoms with Crippen LogP contribution in [0.5, 0.6) is 0 Å². The summed E-state index contributed by atoms with van der Waals surface area (Å²) in [5, 5.41) is 24.0. The molecule has 0 aromatic carbocycles. The molecule has 0 bridgehead atoms. The molecule has 5 N–H and O–H groups in total. The summed E-state index contributed by atoms with van der Waals surface area (Å²) in [6, 6.07) is 0. The van der Waals surface area contributed by atoms with Gasteiger partial charge in [-0.05, 0) is 12.8 Å². The molecule has 0 fully saturated rings. The molecule has 0 saturated carbocycles. The number of phosphoric ester groups is 1. The van der Waals surface area contributed by atoms with Gasteiger partial charge in [0, 0.05) is 13.2 Å². The first-order valence-corrected chi connectivity index (χ1v) is 23.6. The first kappa shape index (κ1) is 54.0. The minimum Gasteiger partial charge on any atom is -0.394 e. The van der Waals surface area contributed by atoms with Crippen molar-refractivity contribution >= 4 is 7.82 Å². The Labute approximate surface area is 322 Å². The summed E-state index contributed by atoms with van der Waals surface area (Å²) in [6.07, 6.45) is 41.4. The van der Waals surface area contributed by atoms with E-state index in [1.165, 1.54) is 186 Å². The first-order valence-electron chi connectivity index (χ1n) is 22.1. The van der Waals surface area contributed by atoms with Gasteiger partial charge in [-0.2, -0.15) is 0 Å². The fourth-order valence-corrected chi connectivity index (χ4v) is 6.61. The molecule has 0 aliphatic rings. The van der Waals surface area contributed by atoms with Crippen LogP contribution in [0.25, 0.3) is 0 Å². The van der Waals surface area contributed by atoms with Crippen LogP contribution in [0.3, 0.4) is 0 Å². The molecule has 0 amide bonds. The number of phosphoric acid groups is 1. The Balaban J connectivity index is 0. The number of hydrogen-bond acceptors (Lipinski definition) is 7. The van der Waals surface area contributed by atoms with Gasteiger partial charge in [-0.1, -0.05) is 206 Å². The van der Waals surface area contributed by atoms with Crippen molar-refractivity contribution in [2.45, 2.75) is 232 Å². The standard InChI is InChI=1S/C39H81O6P.C3H8O3/c1-3-5-7-9-11-13-15-17-19-21-23-25-27-29-31-33-35-43-37-39(38-45-46(40,41)42)44-36-34-32-30-28-26-24-22-20-18-16-14-12-10-8-6-4-2;4-1-3(6)2-5/h39H,3-38H2,1-2H3,(H2,40,41,42);3-6H,1-2H2. The number of unbranched alkanes of at least 4 members (excludes halogenated alkanes) is 30. The van der Waals surface area contributed by atoms with E-state index in [2.05, 4.69) is 13.8 Å². The molecule has 1 unspecified atom stereocenters. The highest BCUT2D eigenvalue weighted by Gasteiger charge is 2.19. The number of aliphatic hydroxyl groups is 3. The molecular formula is C42H89O9P. The zero-order valence-electron chi connectivity index (χ0n) is 34.3. The Morgan fingerprint density at radius 1 is 0.442 bits per heavy atom. The molecule has 0 aromatic rings. The van der Waals surface area contributed by atoms with Crippen molar-refractivity contribution in [1.29, 1.82) is 0 Å². The Morgan fingerprint density at radius 2 is 0.731 bits per heavy atom. The quantitative estimate of drug-likeness (QED) is 0.0302. The van der Waals surface area contributed by atoms with Crippen LogP contribution in [0.2, 0.25) is 0 Å². The van der Waals surface area contributed by atoms with Gasteiger partial charge in [0.05, 0.1) is 26.4 Å². The third kappa shape index (κ3) is 49.9. The molecular weight excluding hydrogens is 679 g/mol. The lowest BCUT2D eigenvalue weighted by Crippen LogP contribution is -2.26. The van der Waals surface area contributed by atoms with Gasteiger partial charge in [0.2, 0.25) is 0 Å². The van der Waals surface area contributed by atoms with Crippen molar-refractivity contribution in [2.24, 2.45) is 0 Å². The molecule has 0 rings (SSSR count). The molecule has 316 valence electrons. The van der Waals surface area contributed by atoms with Crippen molar-refractivity contribution in [3.8, 4) is 0 Å². The van der Waals surface area contributed by atoms with Crippen LogP contribution >= 0.6 is 7.82 Å². The number of hydrogen-bond donors (Lipinski definition) is 5. The maximum absolute atomic E-state index is 11.2. The second-order valence-corrected chi connectivity index (χ2v) is 16.2. The molecule has 0 saturated heterocycles. The van der Waals surface area contributed by atoms with Crippen LogP contribution in [0.15, 0.2) is 0 Å². The minimum atomic E-state index is -4.51. The van der Waals surface area contributed by atoms with Crippen LogP contribution in [-0.4, -0.2) is 77.0 Å². The van der Waals surface area contributed by atoms with Gasteiger partial charge in [-0.3, -0.25) is 4.52 Å². The van der Waals surface area contributed by atoms with Gasteiger partial charge in [-0.25, -0.2) is 4.57 Å². The van der Waals surface area contributed by atoms with Gasteiger partial charge in [0.1, 0.15) is 12.2 Å². The van der Waals surface area contributed by atoms with E-state index >= 15 is 0 Å². The fraction of sp³-hybridized carbons (Fsp3) is 1.00. The smallest absolute Gasteiger partial charge is 0.394 e. The average Bonchev–Trinajstić information content (AvgIpc) is 3.13. The van der Waals surface area contributed by atoms with Crippen molar-refractivity contribution < 1.29 is 43.7 Å². The van der Waals surface area contributed by atoms with E-state index in [0.717, 1.165) is 19.3 Å². The summed E-state index contributed by atoms with van der Waals surface area (Å²) in [7, 11) is -4.51. The van der Waals surface area contributed by atoms with Crippen LogP contribution in [0.1, 0.15) is 219 Å². The lowest BCUT2D eigenvalue weighted by molar-refractivity contribution is -0.0429. The predicted molar refractivity (Wildman–Crippen MR) is 218 cm³/mol. The third-order valence-electron chi connectivity index (χ3n) is 9.65. The molecule has 9 nitrogen and oxygen atoms in total. The summed E-state index contributed by atoms with van der Waals surface area (Å²) < 4.78 is 27.6. The second kappa shape index (κ2) is 45.3. The molecule has 1 atom stereocenters. The minimum absolute atomic E-state index is 0.137. The van der Waals surface area contributed by atoms with Gasteiger partial charge in [0.15, 0.2) is 0 Å². The van der Waals surface area contributed by atoms with Gasteiger partial charge < -0.3 is 34.6 Å². The van der Waals surface area contributed by atoms with E-state index in [1.807, 2.05) is 0 Å². The fourth-order valence-electron chi connectivity index (χ4n) is 6.25. The normalized spacial score (nSPS) is 12.4. The maximum atomic E-state index is 11.2. The third-order valence-corrected chi connectivity index (χ3v) is 10.1. The van der Waals surface area contributed by atoms with Crippen molar-refractivity contribution in [2.75, 3.05) is 39.6 Å². The molecule has 0 radical (unpaired) electrons. The Bertz CT molecular complexity index is 690. The van der Waals surface area contributed by atoms with Crippen molar-refractivity contribution in [3.05, 3.63) is 0 Å². The van der Waals surface area contributed by atoms with E-state index in [9.17, 15) is 4.57 Å². The summed E-state index contributed by atoms with van der Waals surface area (Å²) in [6.45, 7) is 5.25. The molecule has 0 aliphatic heterocycles. The summed E-state index contributed by atoms with van der Waals surface area (Å²) in [5.41, 5.74) is 0. The Morgan fingerprint density at radius 3 is 1.00 bits per heavy atom. The first-order chi connectivity index (χ1) is 25.3. The largest absolute Gasteiger partial charge is 0.469 e. The van der Waals surface area contributed by atoms with Crippen LogP contribution in [0, 0.1) is 0 Å². The summed E-state index contributed by atoms with van der Waals surface area (Å²) in [5.74, 6) is 0. The van der Waals surface area contributed by atoms with Crippen molar-refractivity contribution in [3.63, 3.8) is 0 Å². The molecule has 0 aromatic heterocycles. The topological polar surface area (TPSA) is 146 Å². The maximum Gasteiger partial charge on any atom is 0.469 e. The van der Waals surface area contributed by atoms with Crippen LogP contribution in [0.4, 0.5) is 0 Å². The molecule has 0 spiro atoms. The zero-order valence-corrected chi connectivity index (χ0v) is 35.2. The lowest BCUT2D eigenvalue weighted by atomic mass is 10.0. The Kier molecular flexibility index (Phi) is 47.1. The SMILES string of the molecule is CCCCCCCCCCCCCCCCCCOCC(COP(=O)(O)O)OCCCCCCCCCCCCCCCCCC.OCC(O)CO. The molecule has 0 aliphatic carbocycles. The van der Waals surface area contributed by atoms with E-state index in [-0.39, 0.29) is 19.8 Å². The van der Waals surface area contributed by atoms with Gasteiger partial charge >= 0.3 is 7.82 Å². The lowest BCUT2D eigenvalue weighted by Gasteiger charge is -2.18. The van der Waals surface area contributed by atoms with Gasteiger partial charge in [-0.15, -0.1) is 0 Å². The van der Waals surface area contributed by atoms with Crippen LogP contribution < -0.4 is 0 Å². The number of aliphatic hydroxyl groups excluding tert-OH is 3. The van der Waals surface area contributed by atoms with E-state index in [4.69, 9.17) is 39.1 Å². The van der Waals surface area contributed by atoms with Gasteiger partial charge in [0.25, 0.3) is 0 Å². The molecule has 10 heteroatoms. The highest BCUT2D eigenvalue weighted by atomic mass is 31.2. The van der Waals surface area contributed by atoms with E-state index < -0.39 is 20.0 Å². The van der Waals surface area contributed by atoms with E-state index in [0.29, 0.717) is 19.8 Å². The second-order valence-electron chi connectivity index (χ2n) is 15.0. The number of ether oxygens (including phenoxy) is 2. The highest BCUT2D eigenvalue weighted by Crippen LogP contribution is 2.35. The highest BCUT2D eigenvalue weighted by molar-refractivity contribution is 7.46. The summed E-state index contributed by atoms with van der Waals surface area (Å²) >= 11 is 0. The van der Waals surface area contributed by atoms with Crippen molar-refractivity contribution in [1.82, 2.24) is 0 Å². The van der Waals surface area contributed by atoms with E-state index in [1.54, 1.807) is 0 Å². The zero-order chi connectivity index (χ0) is 38.6. The van der Waals surface area contributed by atoms with Crippen LogP contribution in [-0.2, 0) is 18.6 Å². The number of rotatable bonds is 42.